The summed E-state index contributed by atoms with van der Waals surface area (Å²) in [7, 11) is 5.65. The number of nitrogens with one attached hydrogen (secondary N) is 1. The summed E-state index contributed by atoms with van der Waals surface area (Å²) >= 11 is 1.67. The molecule has 20 heavy (non-hydrogen) atoms. The van der Waals surface area contributed by atoms with Crippen molar-refractivity contribution >= 4 is 16.5 Å². The first-order valence-electron chi connectivity index (χ1n) is 6.66. The standard InChI is InChI=1S/C15H21N3OS/c1-18(2)15-17-14(19-3)13(20-15)11-16-10-9-12-7-5-4-6-8-12/h4-8,16H,9-11H2,1-3H3. The summed E-state index contributed by atoms with van der Waals surface area (Å²) in [6.07, 6.45) is 1.03. The summed E-state index contributed by atoms with van der Waals surface area (Å²) in [5.74, 6) is 0.728. The second kappa shape index (κ2) is 7.26. The maximum Gasteiger partial charge on any atom is 0.230 e. The first kappa shape index (κ1) is 14.8. The summed E-state index contributed by atoms with van der Waals surface area (Å²) in [4.78, 5) is 7.59. The van der Waals surface area contributed by atoms with Crippen molar-refractivity contribution in [3.05, 3.63) is 40.8 Å². The number of benzene rings is 1. The first-order valence-corrected chi connectivity index (χ1v) is 7.48. The number of rotatable bonds is 7. The molecule has 5 heteroatoms. The normalized spacial score (nSPS) is 10.6. The van der Waals surface area contributed by atoms with Crippen molar-refractivity contribution in [1.29, 1.82) is 0 Å². The summed E-state index contributed by atoms with van der Waals surface area (Å²) in [6.45, 7) is 1.74. The molecule has 0 radical (unpaired) electrons. The Bertz CT molecular complexity index is 525. The lowest BCUT2D eigenvalue weighted by Crippen LogP contribution is -2.16. The number of nitrogens with zero attached hydrogens (tertiary/aromatic N) is 2. The fourth-order valence-corrected chi connectivity index (χ4v) is 2.79. The summed E-state index contributed by atoms with van der Waals surface area (Å²) < 4.78 is 5.32. The predicted molar refractivity (Wildman–Crippen MR) is 84.8 cm³/mol. The minimum absolute atomic E-state index is 0.728. The van der Waals surface area contributed by atoms with E-state index in [1.54, 1.807) is 18.4 Å². The summed E-state index contributed by atoms with van der Waals surface area (Å²) in [5, 5.41) is 4.42. The van der Waals surface area contributed by atoms with Crippen LogP contribution in [0.3, 0.4) is 0 Å². The molecule has 2 aromatic rings. The van der Waals surface area contributed by atoms with Gasteiger partial charge in [0.15, 0.2) is 5.13 Å². The molecule has 0 unspecified atom stereocenters. The Morgan fingerprint density at radius 2 is 2.00 bits per heavy atom. The second-order valence-corrected chi connectivity index (χ2v) is 5.80. The lowest BCUT2D eigenvalue weighted by atomic mass is 10.1. The van der Waals surface area contributed by atoms with Crippen molar-refractivity contribution in [2.45, 2.75) is 13.0 Å². The van der Waals surface area contributed by atoms with Crippen LogP contribution in [0.4, 0.5) is 5.13 Å². The third-order valence-electron chi connectivity index (χ3n) is 2.94. The molecule has 0 fully saturated rings. The lowest BCUT2D eigenvalue weighted by molar-refractivity contribution is 0.395. The molecule has 0 aliphatic carbocycles. The first-order chi connectivity index (χ1) is 9.70. The van der Waals surface area contributed by atoms with Gasteiger partial charge in [0.05, 0.1) is 12.0 Å². The number of thiazole rings is 1. The molecule has 0 bridgehead atoms. The largest absolute Gasteiger partial charge is 0.480 e. The van der Waals surface area contributed by atoms with E-state index in [-0.39, 0.29) is 0 Å². The maximum atomic E-state index is 5.32. The molecule has 1 aromatic carbocycles. The number of aromatic nitrogens is 1. The van der Waals surface area contributed by atoms with E-state index in [1.165, 1.54) is 5.56 Å². The van der Waals surface area contributed by atoms with E-state index in [0.717, 1.165) is 35.4 Å². The van der Waals surface area contributed by atoms with Crippen LogP contribution < -0.4 is 15.0 Å². The van der Waals surface area contributed by atoms with Crippen molar-refractivity contribution < 1.29 is 4.74 Å². The van der Waals surface area contributed by atoms with E-state index in [2.05, 4.69) is 34.6 Å². The smallest absolute Gasteiger partial charge is 0.230 e. The van der Waals surface area contributed by atoms with Crippen LogP contribution in [0.1, 0.15) is 10.4 Å². The highest BCUT2D eigenvalue weighted by molar-refractivity contribution is 7.15. The molecular weight excluding hydrogens is 270 g/mol. The zero-order valence-corrected chi connectivity index (χ0v) is 13.0. The molecule has 0 aliphatic rings. The van der Waals surface area contributed by atoms with Crippen LogP contribution in [-0.4, -0.2) is 32.7 Å². The molecule has 0 aliphatic heterocycles. The van der Waals surface area contributed by atoms with Crippen LogP contribution in [0.5, 0.6) is 5.88 Å². The molecule has 1 aromatic heterocycles. The molecule has 4 nitrogen and oxygen atoms in total. The van der Waals surface area contributed by atoms with Crippen LogP contribution in [-0.2, 0) is 13.0 Å². The van der Waals surface area contributed by atoms with Crippen LogP contribution in [0, 0.1) is 0 Å². The third-order valence-corrected chi connectivity index (χ3v) is 4.15. The van der Waals surface area contributed by atoms with Gasteiger partial charge in [-0.2, -0.15) is 4.98 Å². The number of hydrogen-bond acceptors (Lipinski definition) is 5. The van der Waals surface area contributed by atoms with Crippen LogP contribution >= 0.6 is 11.3 Å². The van der Waals surface area contributed by atoms with Gasteiger partial charge in [0.2, 0.25) is 5.88 Å². The van der Waals surface area contributed by atoms with Crippen molar-refractivity contribution in [1.82, 2.24) is 10.3 Å². The Balaban J connectivity index is 1.84. The highest BCUT2D eigenvalue weighted by atomic mass is 32.1. The highest BCUT2D eigenvalue weighted by Crippen LogP contribution is 2.30. The van der Waals surface area contributed by atoms with Gasteiger partial charge < -0.3 is 15.0 Å². The monoisotopic (exact) mass is 291 g/mol. The van der Waals surface area contributed by atoms with E-state index in [4.69, 9.17) is 4.74 Å². The van der Waals surface area contributed by atoms with Gasteiger partial charge >= 0.3 is 0 Å². The average molecular weight is 291 g/mol. The van der Waals surface area contributed by atoms with E-state index in [9.17, 15) is 0 Å². The quantitative estimate of drug-likeness (QED) is 0.796. The highest BCUT2D eigenvalue weighted by Gasteiger charge is 2.12. The third kappa shape index (κ3) is 3.95. The van der Waals surface area contributed by atoms with E-state index < -0.39 is 0 Å². The SMILES string of the molecule is COc1nc(N(C)C)sc1CNCCc1ccccc1. The van der Waals surface area contributed by atoms with Crippen molar-refractivity contribution in [3.8, 4) is 5.88 Å². The molecule has 1 heterocycles. The molecule has 1 N–H and O–H groups in total. The fraction of sp³-hybridized carbons (Fsp3) is 0.400. The van der Waals surface area contributed by atoms with Gasteiger partial charge in [0.1, 0.15) is 0 Å². The molecule has 2 rings (SSSR count). The van der Waals surface area contributed by atoms with Crippen molar-refractivity contribution in [2.75, 3.05) is 32.6 Å². The minimum Gasteiger partial charge on any atom is -0.480 e. The van der Waals surface area contributed by atoms with Gasteiger partial charge in [-0.1, -0.05) is 41.7 Å². The topological polar surface area (TPSA) is 37.4 Å². The summed E-state index contributed by atoms with van der Waals surface area (Å²) in [5.41, 5.74) is 1.35. The number of ether oxygens (including phenoxy) is 1. The van der Waals surface area contributed by atoms with E-state index in [0.29, 0.717) is 0 Å². The van der Waals surface area contributed by atoms with Gasteiger partial charge in [0, 0.05) is 20.6 Å². The molecule has 0 spiro atoms. The number of methoxy groups -OCH3 is 1. The maximum absolute atomic E-state index is 5.32. The lowest BCUT2D eigenvalue weighted by Gasteiger charge is -2.05. The zero-order chi connectivity index (χ0) is 14.4. The Kier molecular flexibility index (Phi) is 5.38. The second-order valence-electron chi connectivity index (χ2n) is 4.74. The molecule has 0 amide bonds. The van der Waals surface area contributed by atoms with Gasteiger partial charge in [-0.25, -0.2) is 0 Å². The van der Waals surface area contributed by atoms with Gasteiger partial charge in [-0.15, -0.1) is 0 Å². The molecular formula is C15H21N3OS. The van der Waals surface area contributed by atoms with Crippen LogP contribution in [0.15, 0.2) is 30.3 Å². The fourth-order valence-electron chi connectivity index (χ4n) is 1.87. The number of anilines is 1. The van der Waals surface area contributed by atoms with Gasteiger partial charge in [-0.05, 0) is 18.5 Å². The molecule has 108 valence electrons. The van der Waals surface area contributed by atoms with Crippen molar-refractivity contribution in [3.63, 3.8) is 0 Å². The Hall–Kier alpha value is -1.59. The van der Waals surface area contributed by atoms with E-state index >= 15 is 0 Å². The molecule has 0 saturated carbocycles. The minimum atomic E-state index is 0.728. The Morgan fingerprint density at radius 1 is 1.25 bits per heavy atom. The Labute approximate surface area is 124 Å². The van der Waals surface area contributed by atoms with Crippen LogP contribution in [0.25, 0.3) is 0 Å². The van der Waals surface area contributed by atoms with Crippen LogP contribution in [0.2, 0.25) is 0 Å². The molecule has 0 atom stereocenters. The molecule has 0 saturated heterocycles. The summed E-state index contributed by atoms with van der Waals surface area (Å²) in [6, 6.07) is 10.5. The Morgan fingerprint density at radius 3 is 2.65 bits per heavy atom. The van der Waals surface area contributed by atoms with Gasteiger partial charge in [-0.3, -0.25) is 0 Å². The zero-order valence-electron chi connectivity index (χ0n) is 12.2. The average Bonchev–Trinajstić information content (AvgIpc) is 2.88. The predicted octanol–water partition coefficient (Wildman–Crippen LogP) is 2.55. The van der Waals surface area contributed by atoms with Crippen molar-refractivity contribution in [2.24, 2.45) is 0 Å². The van der Waals surface area contributed by atoms with E-state index in [1.807, 2.05) is 25.1 Å². The van der Waals surface area contributed by atoms with Gasteiger partial charge in [0.25, 0.3) is 0 Å². The number of hydrogen-bond donors (Lipinski definition) is 1.